The van der Waals surface area contributed by atoms with Crippen molar-refractivity contribution in [1.82, 2.24) is 30.0 Å². The molecule has 0 radical (unpaired) electrons. The molecule has 0 bridgehead atoms. The molecule has 0 spiro atoms. The van der Waals surface area contributed by atoms with Gasteiger partial charge in [-0.1, -0.05) is 6.07 Å². The van der Waals surface area contributed by atoms with Crippen molar-refractivity contribution in [1.29, 1.82) is 0 Å². The molecule has 1 N–H and O–H groups in total. The van der Waals surface area contributed by atoms with Gasteiger partial charge in [0.05, 0.1) is 12.1 Å². The number of carbonyl (C=O) groups is 1. The van der Waals surface area contributed by atoms with Gasteiger partial charge in [-0.05, 0) is 30.7 Å². The van der Waals surface area contributed by atoms with Crippen LogP contribution in [0, 0.1) is 0 Å². The molecule has 4 rings (SSSR count). The van der Waals surface area contributed by atoms with Gasteiger partial charge < -0.3 is 9.88 Å². The first-order valence-corrected chi connectivity index (χ1v) is 9.20. The summed E-state index contributed by atoms with van der Waals surface area (Å²) in [5, 5.41) is 13.6. The van der Waals surface area contributed by atoms with Crippen LogP contribution < -0.4 is 5.32 Å². The maximum absolute atomic E-state index is 12.6. The lowest BCUT2D eigenvalue weighted by Gasteiger charge is -2.22. The van der Waals surface area contributed by atoms with E-state index < -0.39 is 0 Å². The highest BCUT2D eigenvalue weighted by Gasteiger charge is 2.31. The standard InChI is InChI=1S/C17H18N6OS/c24-17(20-6-5-12-3-2-10-25-12)13-4-1-9-23-15(13)21-22-16(23)14-11-18-7-8-19-14/h2-3,7-8,10-11,13H,1,4-6,9H2,(H,20,24). The monoisotopic (exact) mass is 354 g/mol. The van der Waals surface area contributed by atoms with Gasteiger partial charge >= 0.3 is 0 Å². The topological polar surface area (TPSA) is 85.6 Å². The number of nitrogens with zero attached hydrogens (tertiary/aromatic N) is 5. The van der Waals surface area contributed by atoms with Crippen LogP contribution in [0.5, 0.6) is 0 Å². The molecule has 1 amide bonds. The van der Waals surface area contributed by atoms with E-state index in [0.717, 1.165) is 31.6 Å². The zero-order chi connectivity index (χ0) is 17.1. The van der Waals surface area contributed by atoms with E-state index in [2.05, 4.69) is 36.9 Å². The van der Waals surface area contributed by atoms with E-state index in [0.29, 0.717) is 18.1 Å². The lowest BCUT2D eigenvalue weighted by molar-refractivity contribution is -0.123. The van der Waals surface area contributed by atoms with Crippen LogP contribution in [0.1, 0.15) is 29.5 Å². The predicted octanol–water partition coefficient (Wildman–Crippen LogP) is 2.03. The van der Waals surface area contributed by atoms with Crippen molar-refractivity contribution in [3.05, 3.63) is 46.8 Å². The van der Waals surface area contributed by atoms with Crippen molar-refractivity contribution in [2.75, 3.05) is 6.54 Å². The third kappa shape index (κ3) is 3.30. The second kappa shape index (κ2) is 7.10. The van der Waals surface area contributed by atoms with E-state index in [4.69, 9.17) is 0 Å². The molecule has 7 nitrogen and oxygen atoms in total. The van der Waals surface area contributed by atoms with Crippen molar-refractivity contribution in [2.45, 2.75) is 31.7 Å². The summed E-state index contributed by atoms with van der Waals surface area (Å²) in [4.78, 5) is 22.3. The molecule has 3 aromatic heterocycles. The van der Waals surface area contributed by atoms with Gasteiger partial charge in [0.2, 0.25) is 5.91 Å². The van der Waals surface area contributed by atoms with Gasteiger partial charge in [0.15, 0.2) is 5.82 Å². The zero-order valence-corrected chi connectivity index (χ0v) is 14.4. The summed E-state index contributed by atoms with van der Waals surface area (Å²) in [6.45, 7) is 1.44. The lowest BCUT2D eigenvalue weighted by Crippen LogP contribution is -2.34. The van der Waals surface area contributed by atoms with E-state index in [1.165, 1.54) is 4.88 Å². The van der Waals surface area contributed by atoms with Crippen LogP contribution in [0.25, 0.3) is 11.5 Å². The van der Waals surface area contributed by atoms with Crippen LogP contribution in [0.3, 0.4) is 0 Å². The Morgan fingerprint density at radius 1 is 1.36 bits per heavy atom. The fourth-order valence-electron chi connectivity index (χ4n) is 3.12. The minimum Gasteiger partial charge on any atom is -0.355 e. The molecule has 1 aliphatic heterocycles. The quantitative estimate of drug-likeness (QED) is 0.758. The summed E-state index contributed by atoms with van der Waals surface area (Å²) in [5.41, 5.74) is 0.681. The van der Waals surface area contributed by atoms with E-state index in [1.54, 1.807) is 29.9 Å². The highest BCUT2D eigenvalue weighted by atomic mass is 32.1. The molecule has 1 atom stereocenters. The molecule has 0 aromatic carbocycles. The van der Waals surface area contributed by atoms with Gasteiger partial charge in [-0.25, -0.2) is 4.98 Å². The van der Waals surface area contributed by atoms with E-state index >= 15 is 0 Å². The molecule has 1 unspecified atom stereocenters. The van der Waals surface area contributed by atoms with Gasteiger partial charge in [0.1, 0.15) is 11.5 Å². The largest absolute Gasteiger partial charge is 0.355 e. The molecule has 0 fully saturated rings. The molecule has 8 heteroatoms. The molecule has 0 saturated heterocycles. The smallest absolute Gasteiger partial charge is 0.230 e. The maximum atomic E-state index is 12.6. The molecular weight excluding hydrogens is 336 g/mol. The summed E-state index contributed by atoms with van der Waals surface area (Å²) in [6.07, 6.45) is 7.50. The van der Waals surface area contributed by atoms with Crippen molar-refractivity contribution >= 4 is 17.2 Å². The number of nitrogens with one attached hydrogen (secondary N) is 1. The molecule has 25 heavy (non-hydrogen) atoms. The first-order chi connectivity index (χ1) is 12.3. The average Bonchev–Trinajstić information content (AvgIpc) is 3.31. The minimum atomic E-state index is -0.255. The van der Waals surface area contributed by atoms with Gasteiger partial charge in [0.25, 0.3) is 0 Å². The highest BCUT2D eigenvalue weighted by Crippen LogP contribution is 2.29. The number of thiophene rings is 1. The predicted molar refractivity (Wildman–Crippen MR) is 94.1 cm³/mol. The van der Waals surface area contributed by atoms with Gasteiger partial charge in [-0.2, -0.15) is 0 Å². The van der Waals surface area contributed by atoms with Gasteiger partial charge in [-0.3, -0.25) is 9.78 Å². The minimum absolute atomic E-state index is 0.0237. The second-order valence-electron chi connectivity index (χ2n) is 5.94. The lowest BCUT2D eigenvalue weighted by atomic mass is 9.97. The Balaban J connectivity index is 1.48. The number of fused-ring (bicyclic) bond motifs is 1. The summed E-state index contributed by atoms with van der Waals surface area (Å²) >= 11 is 1.71. The van der Waals surface area contributed by atoms with Crippen LogP contribution in [0.2, 0.25) is 0 Å². The highest BCUT2D eigenvalue weighted by molar-refractivity contribution is 7.09. The Morgan fingerprint density at radius 2 is 2.32 bits per heavy atom. The molecule has 1 aliphatic rings. The van der Waals surface area contributed by atoms with Gasteiger partial charge in [-0.15, -0.1) is 21.5 Å². The first kappa shape index (κ1) is 15.9. The maximum Gasteiger partial charge on any atom is 0.230 e. The summed E-state index contributed by atoms with van der Waals surface area (Å²) in [6, 6.07) is 4.11. The Morgan fingerprint density at radius 3 is 3.12 bits per heavy atom. The fraction of sp³-hybridized carbons (Fsp3) is 0.353. The van der Waals surface area contributed by atoms with Crippen molar-refractivity contribution in [3.8, 4) is 11.5 Å². The molecule has 128 valence electrons. The Labute approximate surface area is 149 Å². The molecule has 3 aromatic rings. The fourth-order valence-corrected chi connectivity index (χ4v) is 3.82. The average molecular weight is 354 g/mol. The van der Waals surface area contributed by atoms with Gasteiger partial charge in [0, 0.05) is 30.4 Å². The van der Waals surface area contributed by atoms with Crippen molar-refractivity contribution in [2.24, 2.45) is 0 Å². The first-order valence-electron chi connectivity index (χ1n) is 8.32. The summed E-state index contributed by atoms with van der Waals surface area (Å²) < 4.78 is 2.00. The van der Waals surface area contributed by atoms with E-state index in [-0.39, 0.29) is 11.8 Å². The number of hydrogen-bond donors (Lipinski definition) is 1. The second-order valence-corrected chi connectivity index (χ2v) is 6.97. The molecule has 4 heterocycles. The van der Waals surface area contributed by atoms with E-state index in [9.17, 15) is 4.79 Å². The Bertz CT molecular complexity index is 845. The van der Waals surface area contributed by atoms with Crippen LogP contribution in [-0.4, -0.2) is 37.2 Å². The molecule has 0 saturated carbocycles. The zero-order valence-electron chi connectivity index (χ0n) is 13.6. The van der Waals surface area contributed by atoms with Crippen LogP contribution in [0.4, 0.5) is 0 Å². The van der Waals surface area contributed by atoms with Crippen molar-refractivity contribution < 1.29 is 4.79 Å². The Hall–Kier alpha value is -2.61. The number of hydrogen-bond acceptors (Lipinski definition) is 6. The number of amides is 1. The number of carbonyl (C=O) groups excluding carboxylic acids is 1. The van der Waals surface area contributed by atoms with Crippen molar-refractivity contribution in [3.63, 3.8) is 0 Å². The number of rotatable bonds is 5. The summed E-state index contributed by atoms with van der Waals surface area (Å²) in [7, 11) is 0. The van der Waals surface area contributed by atoms with Crippen LogP contribution >= 0.6 is 11.3 Å². The normalized spacial score (nSPS) is 16.4. The molecule has 0 aliphatic carbocycles. The Kier molecular flexibility index (Phi) is 4.51. The van der Waals surface area contributed by atoms with E-state index in [1.807, 2.05) is 10.6 Å². The third-order valence-electron chi connectivity index (χ3n) is 4.33. The third-order valence-corrected chi connectivity index (χ3v) is 5.26. The SMILES string of the molecule is O=C(NCCc1cccs1)C1CCCn2c(-c3cnccn3)nnc21. The van der Waals surface area contributed by atoms with Crippen LogP contribution in [0.15, 0.2) is 36.1 Å². The number of aromatic nitrogens is 5. The molecular formula is C17H18N6OS. The summed E-state index contributed by atoms with van der Waals surface area (Å²) in [5.74, 6) is 1.17. The van der Waals surface area contributed by atoms with Crippen LogP contribution in [-0.2, 0) is 17.8 Å².